The SMILES string of the molecule is CCCCCCCCCCCCCC(CCCC(CCCCCCCCCCCCC)(C(=O)OC)C(=O)OC)(C(=O)OC)C(=O)OC. The largest absolute Gasteiger partial charge is 0.468 e. The van der Waals surface area contributed by atoms with Crippen LogP contribution in [0.2, 0.25) is 0 Å². The molecule has 0 atom stereocenters. The fourth-order valence-corrected chi connectivity index (χ4v) is 6.89. The summed E-state index contributed by atoms with van der Waals surface area (Å²) in [5.41, 5.74) is -2.98. The molecule has 276 valence electrons. The standard InChI is InChI=1S/C39H72O8/c1-7-9-11-13-15-17-19-21-23-25-27-30-38(34(40)44-3,35(41)45-4)32-29-33-39(36(42)46-5,37(43)47-6)31-28-26-24-22-20-18-16-14-12-10-8-2/h7-33H2,1-6H3. The first-order valence-corrected chi connectivity index (χ1v) is 19.1. The van der Waals surface area contributed by atoms with E-state index in [0.29, 0.717) is 25.7 Å². The van der Waals surface area contributed by atoms with Gasteiger partial charge >= 0.3 is 23.9 Å². The van der Waals surface area contributed by atoms with Crippen LogP contribution in [0.15, 0.2) is 0 Å². The summed E-state index contributed by atoms with van der Waals surface area (Å²) in [6.07, 6.45) is 26.4. The second-order valence-electron chi connectivity index (χ2n) is 13.6. The molecule has 0 heterocycles. The fraction of sp³-hybridized carbons (Fsp3) is 0.897. The Bertz CT molecular complexity index is 726. The molecule has 0 aliphatic heterocycles. The average Bonchev–Trinajstić information content (AvgIpc) is 3.09. The molecule has 0 radical (unpaired) electrons. The summed E-state index contributed by atoms with van der Waals surface area (Å²) < 4.78 is 20.5. The number of methoxy groups -OCH3 is 4. The highest BCUT2D eigenvalue weighted by atomic mass is 16.6. The van der Waals surface area contributed by atoms with Crippen molar-refractivity contribution < 1.29 is 38.1 Å². The summed E-state index contributed by atoms with van der Waals surface area (Å²) in [4.78, 5) is 52.6. The van der Waals surface area contributed by atoms with Crippen molar-refractivity contribution in [1.29, 1.82) is 0 Å². The van der Waals surface area contributed by atoms with Gasteiger partial charge in [0.1, 0.15) is 0 Å². The summed E-state index contributed by atoms with van der Waals surface area (Å²) in [6.45, 7) is 4.46. The van der Waals surface area contributed by atoms with E-state index in [9.17, 15) is 19.2 Å². The average molecular weight is 669 g/mol. The van der Waals surface area contributed by atoms with E-state index in [1.165, 1.54) is 118 Å². The van der Waals surface area contributed by atoms with E-state index < -0.39 is 34.7 Å². The molecule has 8 nitrogen and oxygen atoms in total. The molecule has 0 aliphatic rings. The van der Waals surface area contributed by atoms with Crippen molar-refractivity contribution in [3.05, 3.63) is 0 Å². The molecular formula is C39H72O8. The number of unbranched alkanes of at least 4 members (excludes halogenated alkanes) is 20. The predicted octanol–water partition coefficient (Wildman–Crippen LogP) is 10.2. The van der Waals surface area contributed by atoms with Gasteiger partial charge in [-0.2, -0.15) is 0 Å². The fourth-order valence-electron chi connectivity index (χ4n) is 6.89. The summed E-state index contributed by atoms with van der Waals surface area (Å²) in [6, 6.07) is 0. The third kappa shape index (κ3) is 17.7. The number of hydrogen-bond donors (Lipinski definition) is 0. The molecule has 0 bridgehead atoms. The number of esters is 4. The van der Waals surface area contributed by atoms with Crippen LogP contribution in [0.25, 0.3) is 0 Å². The molecule has 0 fully saturated rings. The molecule has 0 rings (SSSR count). The highest BCUT2D eigenvalue weighted by Crippen LogP contribution is 2.40. The van der Waals surface area contributed by atoms with Crippen molar-refractivity contribution in [1.82, 2.24) is 0 Å². The first-order valence-electron chi connectivity index (χ1n) is 19.1. The van der Waals surface area contributed by atoms with Gasteiger partial charge in [0, 0.05) is 0 Å². The summed E-state index contributed by atoms with van der Waals surface area (Å²) in [5, 5.41) is 0. The van der Waals surface area contributed by atoms with E-state index >= 15 is 0 Å². The summed E-state index contributed by atoms with van der Waals surface area (Å²) >= 11 is 0. The zero-order chi connectivity index (χ0) is 35.2. The number of rotatable bonds is 32. The van der Waals surface area contributed by atoms with Gasteiger partial charge < -0.3 is 18.9 Å². The second kappa shape index (κ2) is 28.9. The van der Waals surface area contributed by atoms with E-state index in [1.54, 1.807) is 0 Å². The van der Waals surface area contributed by atoms with Gasteiger partial charge in [0.25, 0.3) is 0 Å². The van der Waals surface area contributed by atoms with Crippen molar-refractivity contribution in [2.24, 2.45) is 10.8 Å². The monoisotopic (exact) mass is 669 g/mol. The van der Waals surface area contributed by atoms with Crippen LogP contribution in [0.5, 0.6) is 0 Å². The van der Waals surface area contributed by atoms with Gasteiger partial charge in [0.05, 0.1) is 28.4 Å². The van der Waals surface area contributed by atoms with Gasteiger partial charge in [-0.25, -0.2) is 0 Å². The quantitative estimate of drug-likeness (QED) is 0.0302. The smallest absolute Gasteiger partial charge is 0.323 e. The molecule has 0 saturated heterocycles. The van der Waals surface area contributed by atoms with Crippen LogP contribution in [0, 0.1) is 10.8 Å². The molecule has 0 saturated carbocycles. The van der Waals surface area contributed by atoms with Crippen LogP contribution < -0.4 is 0 Å². The Morgan fingerprint density at radius 2 is 0.511 bits per heavy atom. The lowest BCUT2D eigenvalue weighted by atomic mass is 9.73. The molecule has 0 spiro atoms. The van der Waals surface area contributed by atoms with Gasteiger partial charge in [-0.1, -0.05) is 155 Å². The Kier molecular flexibility index (Phi) is 27.6. The molecule has 0 aliphatic carbocycles. The van der Waals surface area contributed by atoms with Gasteiger partial charge in [0.2, 0.25) is 0 Å². The van der Waals surface area contributed by atoms with E-state index in [0.717, 1.165) is 38.5 Å². The normalized spacial score (nSPS) is 11.7. The Hall–Kier alpha value is -2.12. The first-order chi connectivity index (χ1) is 22.8. The molecule has 0 N–H and O–H groups in total. The maximum atomic E-state index is 13.2. The van der Waals surface area contributed by atoms with Crippen molar-refractivity contribution in [3.63, 3.8) is 0 Å². The maximum Gasteiger partial charge on any atom is 0.323 e. The first kappa shape index (κ1) is 44.9. The van der Waals surface area contributed by atoms with Crippen LogP contribution in [0.3, 0.4) is 0 Å². The minimum absolute atomic E-state index is 0.109. The van der Waals surface area contributed by atoms with Crippen LogP contribution in [0.1, 0.15) is 187 Å². The minimum atomic E-state index is -1.49. The highest BCUT2D eigenvalue weighted by molar-refractivity contribution is 6.01. The molecule has 8 heteroatoms. The Labute approximate surface area is 288 Å². The van der Waals surface area contributed by atoms with E-state index in [4.69, 9.17) is 18.9 Å². The summed E-state index contributed by atoms with van der Waals surface area (Å²) in [5.74, 6) is -2.54. The van der Waals surface area contributed by atoms with Crippen LogP contribution in [-0.4, -0.2) is 52.3 Å². The molecule has 0 unspecified atom stereocenters. The van der Waals surface area contributed by atoms with Crippen LogP contribution in [-0.2, 0) is 38.1 Å². The van der Waals surface area contributed by atoms with Gasteiger partial charge in [-0.05, 0) is 32.1 Å². The Morgan fingerprint density at radius 1 is 0.319 bits per heavy atom. The topological polar surface area (TPSA) is 105 Å². The molecule has 0 aromatic heterocycles. The number of ether oxygens (including phenoxy) is 4. The van der Waals surface area contributed by atoms with Crippen molar-refractivity contribution in [2.45, 2.75) is 187 Å². The third-order valence-corrected chi connectivity index (χ3v) is 9.93. The molecular weight excluding hydrogens is 596 g/mol. The Balaban J connectivity index is 5.23. The third-order valence-electron chi connectivity index (χ3n) is 9.93. The summed E-state index contributed by atoms with van der Waals surface area (Å²) in [7, 11) is 5.11. The molecule has 0 amide bonds. The Morgan fingerprint density at radius 3 is 0.723 bits per heavy atom. The van der Waals surface area contributed by atoms with E-state index in [-0.39, 0.29) is 19.3 Å². The van der Waals surface area contributed by atoms with E-state index in [2.05, 4.69) is 13.8 Å². The predicted molar refractivity (Wildman–Crippen MR) is 189 cm³/mol. The lowest BCUT2D eigenvalue weighted by Gasteiger charge is -2.31. The van der Waals surface area contributed by atoms with Crippen molar-refractivity contribution >= 4 is 23.9 Å². The van der Waals surface area contributed by atoms with E-state index in [1.807, 2.05) is 0 Å². The zero-order valence-corrected chi connectivity index (χ0v) is 31.4. The molecule has 47 heavy (non-hydrogen) atoms. The van der Waals surface area contributed by atoms with Crippen molar-refractivity contribution in [2.75, 3.05) is 28.4 Å². The minimum Gasteiger partial charge on any atom is -0.468 e. The number of carbonyl (C=O) groups excluding carboxylic acids is 4. The second-order valence-corrected chi connectivity index (χ2v) is 13.6. The number of carbonyl (C=O) groups is 4. The van der Waals surface area contributed by atoms with Crippen molar-refractivity contribution in [3.8, 4) is 0 Å². The highest BCUT2D eigenvalue weighted by Gasteiger charge is 2.51. The lowest BCUT2D eigenvalue weighted by Crippen LogP contribution is -2.44. The van der Waals surface area contributed by atoms with Gasteiger partial charge in [0.15, 0.2) is 10.8 Å². The van der Waals surface area contributed by atoms with Gasteiger partial charge in [-0.15, -0.1) is 0 Å². The molecule has 0 aromatic carbocycles. The number of hydrogen-bond acceptors (Lipinski definition) is 8. The lowest BCUT2D eigenvalue weighted by molar-refractivity contribution is -0.171. The van der Waals surface area contributed by atoms with Gasteiger partial charge in [-0.3, -0.25) is 19.2 Å². The molecule has 0 aromatic rings. The van der Waals surface area contributed by atoms with Crippen LogP contribution >= 0.6 is 0 Å². The van der Waals surface area contributed by atoms with Crippen LogP contribution in [0.4, 0.5) is 0 Å². The zero-order valence-electron chi connectivity index (χ0n) is 31.4. The maximum absolute atomic E-state index is 13.2.